The van der Waals surface area contributed by atoms with Crippen LogP contribution in [0.5, 0.6) is 5.75 Å². The highest BCUT2D eigenvalue weighted by Crippen LogP contribution is 2.35. The van der Waals surface area contributed by atoms with Crippen molar-refractivity contribution < 1.29 is 17.9 Å². The Hall–Kier alpha value is -1.20. The Balaban J connectivity index is 3.20. The second-order valence-electron chi connectivity index (χ2n) is 2.38. The maximum Gasteiger partial charge on any atom is 0.436 e. The third-order valence-electron chi connectivity index (χ3n) is 1.59. The van der Waals surface area contributed by atoms with Gasteiger partial charge in [0.25, 0.3) is 0 Å². The van der Waals surface area contributed by atoms with Crippen LogP contribution in [0, 0.1) is 0 Å². The lowest BCUT2D eigenvalue weighted by molar-refractivity contribution is -0.145. The number of hydrogen-bond acceptors (Lipinski definition) is 2. The van der Waals surface area contributed by atoms with Gasteiger partial charge in [-0.3, -0.25) is 4.68 Å². The molecular formula is C7H9F3N2O. The molecule has 0 saturated heterocycles. The Bertz CT molecular complexity index is 271. The zero-order chi connectivity index (χ0) is 10.1. The molecule has 3 nitrogen and oxygen atoms in total. The van der Waals surface area contributed by atoms with Crippen LogP contribution in [0.15, 0.2) is 6.20 Å². The van der Waals surface area contributed by atoms with Gasteiger partial charge in [-0.25, -0.2) is 0 Å². The quantitative estimate of drug-likeness (QED) is 0.719. The summed E-state index contributed by atoms with van der Waals surface area (Å²) < 4.78 is 42.5. The van der Waals surface area contributed by atoms with Crippen LogP contribution >= 0.6 is 0 Å². The molecule has 1 aromatic rings. The third-order valence-corrected chi connectivity index (χ3v) is 1.59. The summed E-state index contributed by atoms with van der Waals surface area (Å²) in [4.78, 5) is 0. The number of halogens is 3. The minimum Gasteiger partial charge on any atom is -0.493 e. The lowest BCUT2D eigenvalue weighted by Gasteiger charge is -2.09. The zero-order valence-corrected chi connectivity index (χ0v) is 7.22. The summed E-state index contributed by atoms with van der Waals surface area (Å²) in [5, 5.41) is 3.54. The van der Waals surface area contributed by atoms with Crippen LogP contribution in [-0.4, -0.2) is 16.9 Å². The van der Waals surface area contributed by atoms with Crippen LogP contribution in [0.4, 0.5) is 13.2 Å². The fourth-order valence-corrected chi connectivity index (χ4v) is 1.04. The van der Waals surface area contributed by atoms with Crippen molar-refractivity contribution in [2.75, 3.05) is 7.11 Å². The van der Waals surface area contributed by atoms with Crippen molar-refractivity contribution in [1.29, 1.82) is 0 Å². The highest BCUT2D eigenvalue weighted by molar-refractivity contribution is 5.27. The van der Waals surface area contributed by atoms with Gasteiger partial charge in [0, 0.05) is 6.54 Å². The number of methoxy groups -OCH3 is 1. The SMILES string of the molecule is CCn1ncc(OC)c1C(F)(F)F. The highest BCUT2D eigenvalue weighted by atomic mass is 19.4. The topological polar surface area (TPSA) is 27.1 Å². The van der Waals surface area contributed by atoms with Crippen LogP contribution in [0.3, 0.4) is 0 Å². The van der Waals surface area contributed by atoms with E-state index in [4.69, 9.17) is 0 Å². The summed E-state index contributed by atoms with van der Waals surface area (Å²) in [7, 11) is 1.19. The van der Waals surface area contributed by atoms with E-state index in [1.54, 1.807) is 6.92 Å². The van der Waals surface area contributed by atoms with Gasteiger partial charge in [-0.05, 0) is 6.92 Å². The molecule has 6 heteroatoms. The average molecular weight is 194 g/mol. The Kier molecular flexibility index (Phi) is 2.49. The van der Waals surface area contributed by atoms with E-state index in [1.807, 2.05) is 0 Å². The molecule has 0 unspecified atom stereocenters. The van der Waals surface area contributed by atoms with Crippen LogP contribution < -0.4 is 4.74 Å². The van der Waals surface area contributed by atoms with Gasteiger partial charge in [0.2, 0.25) is 0 Å². The molecule has 0 aliphatic carbocycles. The van der Waals surface area contributed by atoms with Crippen molar-refractivity contribution in [3.63, 3.8) is 0 Å². The van der Waals surface area contributed by atoms with Crippen molar-refractivity contribution in [2.45, 2.75) is 19.6 Å². The van der Waals surface area contributed by atoms with E-state index in [2.05, 4.69) is 9.84 Å². The predicted molar refractivity (Wildman–Crippen MR) is 39.5 cm³/mol. The molecule has 0 radical (unpaired) electrons. The minimum absolute atomic E-state index is 0.165. The molecule has 0 spiro atoms. The van der Waals surface area contributed by atoms with Gasteiger partial charge >= 0.3 is 6.18 Å². The number of rotatable bonds is 2. The van der Waals surface area contributed by atoms with Crippen molar-refractivity contribution >= 4 is 0 Å². The summed E-state index contributed by atoms with van der Waals surface area (Å²) in [6.07, 6.45) is -3.36. The van der Waals surface area contributed by atoms with E-state index in [0.29, 0.717) is 0 Å². The molecule has 0 amide bonds. The summed E-state index contributed by atoms with van der Waals surface area (Å²) >= 11 is 0. The molecule has 1 aromatic heterocycles. The van der Waals surface area contributed by atoms with Gasteiger partial charge in [0.1, 0.15) is 0 Å². The Morgan fingerprint density at radius 1 is 1.54 bits per heavy atom. The van der Waals surface area contributed by atoms with E-state index in [9.17, 15) is 13.2 Å². The lowest BCUT2D eigenvalue weighted by atomic mass is 10.4. The van der Waals surface area contributed by atoms with E-state index in [0.717, 1.165) is 10.9 Å². The van der Waals surface area contributed by atoms with E-state index in [1.165, 1.54) is 7.11 Å². The molecule has 1 rings (SSSR count). The number of alkyl halides is 3. The van der Waals surface area contributed by atoms with Crippen LogP contribution in [0.2, 0.25) is 0 Å². The van der Waals surface area contributed by atoms with E-state index >= 15 is 0 Å². The standard InChI is InChI=1S/C7H9F3N2O/c1-3-12-6(7(8,9)10)5(13-2)4-11-12/h4H,3H2,1-2H3. The van der Waals surface area contributed by atoms with Crippen molar-refractivity contribution in [1.82, 2.24) is 9.78 Å². The fraction of sp³-hybridized carbons (Fsp3) is 0.571. The summed E-state index contributed by atoms with van der Waals surface area (Å²) in [5.41, 5.74) is -0.836. The third kappa shape index (κ3) is 1.76. The zero-order valence-electron chi connectivity index (χ0n) is 7.22. The monoisotopic (exact) mass is 194 g/mol. The predicted octanol–water partition coefficient (Wildman–Crippen LogP) is 1.93. The number of aromatic nitrogens is 2. The summed E-state index contributed by atoms with van der Waals surface area (Å²) in [6.45, 7) is 1.75. The van der Waals surface area contributed by atoms with E-state index < -0.39 is 11.9 Å². The Labute approximate surface area is 73.1 Å². The van der Waals surface area contributed by atoms with E-state index in [-0.39, 0.29) is 12.3 Å². The first-order chi connectivity index (χ1) is 6.00. The largest absolute Gasteiger partial charge is 0.493 e. The second kappa shape index (κ2) is 3.27. The maximum absolute atomic E-state index is 12.4. The van der Waals surface area contributed by atoms with Crippen LogP contribution in [0.25, 0.3) is 0 Å². The molecule has 1 heterocycles. The summed E-state index contributed by atoms with van der Waals surface area (Å²) in [6, 6.07) is 0. The fourth-order valence-electron chi connectivity index (χ4n) is 1.04. The second-order valence-corrected chi connectivity index (χ2v) is 2.38. The first kappa shape index (κ1) is 9.88. The Morgan fingerprint density at radius 2 is 2.15 bits per heavy atom. The van der Waals surface area contributed by atoms with Gasteiger partial charge in [0.15, 0.2) is 11.4 Å². The molecule has 0 aliphatic rings. The number of ether oxygens (including phenoxy) is 1. The van der Waals surface area contributed by atoms with Crippen molar-refractivity contribution in [2.24, 2.45) is 0 Å². The molecule has 0 aliphatic heterocycles. The molecule has 0 atom stereocenters. The number of hydrogen-bond donors (Lipinski definition) is 0. The number of nitrogens with zero attached hydrogens (tertiary/aromatic N) is 2. The smallest absolute Gasteiger partial charge is 0.436 e. The van der Waals surface area contributed by atoms with Crippen LogP contribution in [-0.2, 0) is 12.7 Å². The van der Waals surface area contributed by atoms with Crippen molar-refractivity contribution in [3.8, 4) is 5.75 Å². The first-order valence-electron chi connectivity index (χ1n) is 3.67. The van der Waals surface area contributed by atoms with Gasteiger partial charge in [-0.15, -0.1) is 0 Å². The molecule has 0 saturated carbocycles. The first-order valence-corrected chi connectivity index (χ1v) is 3.67. The van der Waals surface area contributed by atoms with Crippen LogP contribution in [0.1, 0.15) is 12.6 Å². The minimum atomic E-state index is -4.42. The molecule has 0 bridgehead atoms. The lowest BCUT2D eigenvalue weighted by Crippen LogP contribution is -2.14. The Morgan fingerprint density at radius 3 is 2.54 bits per heavy atom. The molecule has 74 valence electrons. The highest BCUT2D eigenvalue weighted by Gasteiger charge is 2.38. The van der Waals surface area contributed by atoms with Gasteiger partial charge in [-0.1, -0.05) is 0 Å². The average Bonchev–Trinajstić information content (AvgIpc) is 2.45. The number of aryl methyl sites for hydroxylation is 1. The molecular weight excluding hydrogens is 185 g/mol. The van der Waals surface area contributed by atoms with Crippen molar-refractivity contribution in [3.05, 3.63) is 11.9 Å². The summed E-state index contributed by atoms with van der Waals surface area (Å²) in [5.74, 6) is -0.241. The molecule has 0 N–H and O–H groups in total. The molecule has 13 heavy (non-hydrogen) atoms. The normalized spacial score (nSPS) is 11.8. The van der Waals surface area contributed by atoms with Gasteiger partial charge in [0.05, 0.1) is 13.3 Å². The van der Waals surface area contributed by atoms with Gasteiger partial charge in [-0.2, -0.15) is 18.3 Å². The maximum atomic E-state index is 12.4. The molecule has 0 aromatic carbocycles. The molecule has 0 fully saturated rings. The van der Waals surface area contributed by atoms with Gasteiger partial charge < -0.3 is 4.74 Å².